The second-order valence-electron chi connectivity index (χ2n) is 5.16. The van der Waals surface area contributed by atoms with E-state index in [1.165, 1.54) is 11.8 Å². The molecular formula is C19H17N3O2S. The maximum atomic E-state index is 12.6. The van der Waals surface area contributed by atoms with Crippen LogP contribution in [0.4, 0.5) is 5.69 Å². The Morgan fingerprint density at radius 1 is 1.08 bits per heavy atom. The third-order valence-corrected chi connectivity index (χ3v) is 4.23. The van der Waals surface area contributed by atoms with Crippen molar-refractivity contribution in [1.29, 1.82) is 0 Å². The Morgan fingerprint density at radius 3 is 2.44 bits per heavy atom. The minimum absolute atomic E-state index is 0.0458. The molecule has 25 heavy (non-hydrogen) atoms. The topological polar surface area (TPSA) is 59.2 Å². The molecule has 0 saturated carbocycles. The second-order valence-corrected chi connectivity index (χ2v) is 6.08. The molecule has 3 rings (SSSR count). The fourth-order valence-electron chi connectivity index (χ4n) is 2.26. The minimum atomic E-state index is -0.0458. The quantitative estimate of drug-likeness (QED) is 0.475. The molecule has 0 aliphatic rings. The van der Waals surface area contributed by atoms with Crippen LogP contribution in [0.25, 0.3) is 11.5 Å². The van der Waals surface area contributed by atoms with Gasteiger partial charge < -0.3 is 9.32 Å². The summed E-state index contributed by atoms with van der Waals surface area (Å²) < 4.78 is 5.62. The summed E-state index contributed by atoms with van der Waals surface area (Å²) in [4.78, 5) is 14.2. The van der Waals surface area contributed by atoms with Gasteiger partial charge in [-0.05, 0) is 24.3 Å². The molecule has 1 amide bonds. The Hall–Kier alpha value is -2.86. The van der Waals surface area contributed by atoms with Gasteiger partial charge in [0.05, 0.1) is 5.75 Å². The van der Waals surface area contributed by atoms with E-state index in [1.54, 1.807) is 11.0 Å². The first-order valence-corrected chi connectivity index (χ1v) is 8.74. The SMILES string of the molecule is C=CCN(C(=O)CSc1nnc(-c2ccccc2)o1)c1ccccc1. The van der Waals surface area contributed by atoms with Crippen molar-refractivity contribution in [3.05, 3.63) is 73.3 Å². The number of carbonyl (C=O) groups excluding carboxylic acids is 1. The first kappa shape index (κ1) is 17.0. The van der Waals surface area contributed by atoms with Crippen molar-refractivity contribution >= 4 is 23.4 Å². The van der Waals surface area contributed by atoms with Crippen LogP contribution in [-0.4, -0.2) is 28.4 Å². The lowest BCUT2D eigenvalue weighted by molar-refractivity contribution is -0.116. The Morgan fingerprint density at radius 2 is 1.76 bits per heavy atom. The molecule has 126 valence electrons. The Kier molecular flexibility index (Phi) is 5.64. The van der Waals surface area contributed by atoms with Crippen LogP contribution in [0, 0.1) is 0 Å². The van der Waals surface area contributed by atoms with E-state index in [9.17, 15) is 4.79 Å². The van der Waals surface area contributed by atoms with E-state index in [1.807, 2.05) is 60.7 Å². The van der Waals surface area contributed by atoms with Crippen LogP contribution in [0.1, 0.15) is 0 Å². The predicted molar refractivity (Wildman–Crippen MR) is 99.5 cm³/mol. The Labute approximate surface area is 150 Å². The Balaban J connectivity index is 1.65. The van der Waals surface area contributed by atoms with Gasteiger partial charge in [0.2, 0.25) is 11.8 Å². The number of nitrogens with zero attached hydrogens (tertiary/aromatic N) is 3. The van der Waals surface area contributed by atoms with Gasteiger partial charge in [0.25, 0.3) is 5.22 Å². The fraction of sp³-hybridized carbons (Fsp3) is 0.105. The van der Waals surface area contributed by atoms with Gasteiger partial charge in [0, 0.05) is 17.8 Å². The summed E-state index contributed by atoms with van der Waals surface area (Å²) in [6, 6.07) is 19.0. The molecule has 0 spiro atoms. The van der Waals surface area contributed by atoms with Crippen molar-refractivity contribution in [2.75, 3.05) is 17.2 Å². The van der Waals surface area contributed by atoms with Crippen LogP contribution in [0.5, 0.6) is 0 Å². The van der Waals surface area contributed by atoms with Gasteiger partial charge in [-0.1, -0.05) is 54.2 Å². The van der Waals surface area contributed by atoms with E-state index < -0.39 is 0 Å². The second kappa shape index (κ2) is 8.30. The summed E-state index contributed by atoms with van der Waals surface area (Å²) in [6.07, 6.45) is 1.70. The summed E-state index contributed by atoms with van der Waals surface area (Å²) in [7, 11) is 0. The summed E-state index contributed by atoms with van der Waals surface area (Å²) in [6.45, 7) is 4.17. The summed E-state index contributed by atoms with van der Waals surface area (Å²) >= 11 is 1.23. The lowest BCUT2D eigenvalue weighted by Crippen LogP contribution is -2.32. The first-order chi connectivity index (χ1) is 12.3. The lowest BCUT2D eigenvalue weighted by Gasteiger charge is -2.20. The smallest absolute Gasteiger partial charge is 0.277 e. The largest absolute Gasteiger partial charge is 0.411 e. The number of hydrogen-bond acceptors (Lipinski definition) is 5. The van der Waals surface area contributed by atoms with Crippen LogP contribution in [0.15, 0.2) is 83.0 Å². The van der Waals surface area contributed by atoms with Crippen LogP contribution < -0.4 is 4.90 Å². The molecular weight excluding hydrogens is 334 g/mol. The van der Waals surface area contributed by atoms with Gasteiger partial charge in [-0.25, -0.2) is 0 Å². The maximum absolute atomic E-state index is 12.6. The van der Waals surface area contributed by atoms with Crippen LogP contribution in [-0.2, 0) is 4.79 Å². The highest BCUT2D eigenvalue weighted by Gasteiger charge is 2.16. The van der Waals surface area contributed by atoms with E-state index in [0.29, 0.717) is 17.7 Å². The van der Waals surface area contributed by atoms with Crippen LogP contribution in [0.3, 0.4) is 0 Å². The molecule has 0 fully saturated rings. The first-order valence-electron chi connectivity index (χ1n) is 7.76. The van der Waals surface area contributed by atoms with E-state index >= 15 is 0 Å². The zero-order chi connectivity index (χ0) is 17.5. The molecule has 0 unspecified atom stereocenters. The number of benzene rings is 2. The maximum Gasteiger partial charge on any atom is 0.277 e. The molecule has 3 aromatic rings. The van der Waals surface area contributed by atoms with Gasteiger partial charge in [-0.2, -0.15) is 0 Å². The molecule has 0 bridgehead atoms. The predicted octanol–water partition coefficient (Wildman–Crippen LogP) is 4.05. The highest BCUT2D eigenvalue weighted by Crippen LogP contribution is 2.24. The van der Waals surface area contributed by atoms with Crippen LogP contribution in [0.2, 0.25) is 0 Å². The molecule has 1 aromatic heterocycles. The highest BCUT2D eigenvalue weighted by molar-refractivity contribution is 7.99. The molecule has 5 nitrogen and oxygen atoms in total. The summed E-state index contributed by atoms with van der Waals surface area (Å²) in [5.74, 6) is 0.608. The summed E-state index contributed by atoms with van der Waals surface area (Å²) in [5, 5.41) is 8.40. The van der Waals surface area contributed by atoms with E-state index in [4.69, 9.17) is 4.42 Å². The van der Waals surface area contributed by atoms with Gasteiger partial charge in [0.15, 0.2) is 0 Å². The zero-order valence-electron chi connectivity index (χ0n) is 13.5. The van der Waals surface area contributed by atoms with Crippen molar-refractivity contribution in [2.24, 2.45) is 0 Å². The standard InChI is InChI=1S/C19H17N3O2S/c1-2-13-22(16-11-7-4-8-12-16)17(23)14-25-19-21-20-18(24-19)15-9-5-3-6-10-15/h2-12H,1,13-14H2. The van der Waals surface area contributed by atoms with Gasteiger partial charge >= 0.3 is 0 Å². The molecule has 0 radical (unpaired) electrons. The van der Waals surface area contributed by atoms with Crippen molar-refractivity contribution in [2.45, 2.75) is 5.22 Å². The monoisotopic (exact) mass is 351 g/mol. The minimum Gasteiger partial charge on any atom is -0.411 e. The normalized spacial score (nSPS) is 10.4. The summed E-state index contributed by atoms with van der Waals surface area (Å²) in [5.41, 5.74) is 1.69. The molecule has 2 aromatic carbocycles. The van der Waals surface area contributed by atoms with E-state index in [2.05, 4.69) is 16.8 Å². The van der Waals surface area contributed by atoms with Gasteiger partial charge in [-0.3, -0.25) is 4.79 Å². The number of aromatic nitrogens is 2. The van der Waals surface area contributed by atoms with E-state index in [-0.39, 0.29) is 11.7 Å². The highest BCUT2D eigenvalue weighted by atomic mass is 32.2. The number of para-hydroxylation sites is 1. The number of amides is 1. The third kappa shape index (κ3) is 4.36. The molecule has 0 atom stereocenters. The molecule has 0 N–H and O–H groups in total. The van der Waals surface area contributed by atoms with Crippen molar-refractivity contribution in [1.82, 2.24) is 10.2 Å². The number of carbonyl (C=O) groups is 1. The number of hydrogen-bond donors (Lipinski definition) is 0. The lowest BCUT2D eigenvalue weighted by atomic mass is 10.2. The van der Waals surface area contributed by atoms with Crippen molar-refractivity contribution in [3.8, 4) is 11.5 Å². The van der Waals surface area contributed by atoms with E-state index in [0.717, 1.165) is 11.3 Å². The number of rotatable bonds is 7. The Bertz CT molecular complexity index is 834. The van der Waals surface area contributed by atoms with Crippen molar-refractivity contribution in [3.63, 3.8) is 0 Å². The van der Waals surface area contributed by atoms with Gasteiger partial charge in [0.1, 0.15) is 0 Å². The average Bonchev–Trinajstić information content (AvgIpc) is 3.15. The molecule has 0 aliphatic carbocycles. The van der Waals surface area contributed by atoms with Crippen LogP contribution >= 0.6 is 11.8 Å². The fourth-order valence-corrected chi connectivity index (χ4v) is 2.89. The number of anilines is 1. The van der Waals surface area contributed by atoms with Crippen molar-refractivity contribution < 1.29 is 9.21 Å². The molecule has 1 heterocycles. The third-order valence-electron chi connectivity index (χ3n) is 3.43. The average molecular weight is 351 g/mol. The molecule has 0 saturated heterocycles. The number of thioether (sulfide) groups is 1. The van der Waals surface area contributed by atoms with Gasteiger partial charge in [-0.15, -0.1) is 16.8 Å². The molecule has 6 heteroatoms. The zero-order valence-corrected chi connectivity index (χ0v) is 14.4. The molecule has 0 aliphatic heterocycles.